The van der Waals surface area contributed by atoms with Crippen LogP contribution in [0, 0.1) is 30.9 Å². The predicted molar refractivity (Wildman–Crippen MR) is 136 cm³/mol. The first-order valence-electron chi connectivity index (χ1n) is 11.0. The Morgan fingerprint density at radius 2 is 1.69 bits per heavy atom. The number of nitrogens with zero attached hydrogens (tertiary/aromatic N) is 3. The molecule has 0 saturated heterocycles. The number of benzene rings is 3. The highest BCUT2D eigenvalue weighted by Gasteiger charge is 2.16. The van der Waals surface area contributed by atoms with E-state index in [0.29, 0.717) is 16.5 Å². The van der Waals surface area contributed by atoms with E-state index in [1.807, 2.05) is 45.0 Å². The molecule has 10 heteroatoms. The number of amides is 1. The zero-order chi connectivity index (χ0) is 25.8. The molecule has 0 aliphatic carbocycles. The molecule has 0 fully saturated rings. The Bertz CT molecular complexity index is 1410. The quantitative estimate of drug-likeness (QED) is 0.217. The van der Waals surface area contributed by atoms with Gasteiger partial charge in [0.05, 0.1) is 16.7 Å². The molecule has 1 N–H and O–H groups in total. The minimum absolute atomic E-state index is 0.0825. The van der Waals surface area contributed by atoms with Gasteiger partial charge in [0.1, 0.15) is 17.2 Å². The Morgan fingerprint density at radius 1 is 1.00 bits per heavy atom. The second-order valence-electron chi connectivity index (χ2n) is 8.23. The van der Waals surface area contributed by atoms with Gasteiger partial charge in [0.2, 0.25) is 0 Å². The van der Waals surface area contributed by atoms with Gasteiger partial charge in [0.15, 0.2) is 12.4 Å². The summed E-state index contributed by atoms with van der Waals surface area (Å²) in [5.74, 6) is 0.835. The predicted octanol–water partition coefficient (Wildman–Crippen LogP) is 6.45. The Labute approximate surface area is 212 Å². The lowest BCUT2D eigenvalue weighted by Gasteiger charge is -2.10. The van der Waals surface area contributed by atoms with Crippen LogP contribution in [-0.2, 0) is 6.73 Å². The minimum atomic E-state index is -0.552. The summed E-state index contributed by atoms with van der Waals surface area (Å²) in [6.07, 6.45) is 1.60. The molecule has 36 heavy (non-hydrogen) atoms. The summed E-state index contributed by atoms with van der Waals surface area (Å²) in [7, 11) is 0. The van der Waals surface area contributed by atoms with Crippen molar-refractivity contribution < 1.29 is 19.2 Å². The molecule has 0 saturated carbocycles. The zero-order valence-electron chi connectivity index (χ0n) is 19.8. The van der Waals surface area contributed by atoms with E-state index in [-0.39, 0.29) is 29.5 Å². The number of halogens is 1. The van der Waals surface area contributed by atoms with Gasteiger partial charge in [-0.25, -0.2) is 4.68 Å². The van der Waals surface area contributed by atoms with Crippen LogP contribution >= 0.6 is 11.6 Å². The van der Waals surface area contributed by atoms with Gasteiger partial charge in [0.25, 0.3) is 11.6 Å². The van der Waals surface area contributed by atoms with Crippen LogP contribution in [0.2, 0.25) is 5.02 Å². The fourth-order valence-corrected chi connectivity index (χ4v) is 3.55. The summed E-state index contributed by atoms with van der Waals surface area (Å²) in [5, 5.41) is 19.0. The number of aryl methyl sites for hydroxylation is 3. The van der Waals surface area contributed by atoms with Crippen LogP contribution in [-0.4, -0.2) is 20.6 Å². The molecule has 0 aliphatic rings. The summed E-state index contributed by atoms with van der Waals surface area (Å²) >= 11 is 6.19. The van der Waals surface area contributed by atoms with Crippen LogP contribution in [0.25, 0.3) is 0 Å². The highest BCUT2D eigenvalue weighted by atomic mass is 35.5. The van der Waals surface area contributed by atoms with Crippen LogP contribution < -0.4 is 14.8 Å². The van der Waals surface area contributed by atoms with Gasteiger partial charge in [-0.2, -0.15) is 5.10 Å². The Balaban J connectivity index is 1.45. The number of carbonyl (C=O) groups excluding carboxylic acids is 1. The van der Waals surface area contributed by atoms with Crippen LogP contribution in [0.4, 0.5) is 11.4 Å². The van der Waals surface area contributed by atoms with Gasteiger partial charge in [-0.3, -0.25) is 14.9 Å². The molecule has 0 aliphatic heterocycles. The van der Waals surface area contributed by atoms with Crippen molar-refractivity contribution in [3.8, 4) is 17.2 Å². The van der Waals surface area contributed by atoms with Crippen LogP contribution in [0.1, 0.15) is 27.2 Å². The molecular weight excluding hydrogens is 484 g/mol. The molecule has 1 heterocycles. The normalized spacial score (nSPS) is 10.7. The third-order valence-corrected chi connectivity index (χ3v) is 5.86. The summed E-state index contributed by atoms with van der Waals surface area (Å²) in [4.78, 5) is 23.6. The van der Waals surface area contributed by atoms with E-state index in [4.69, 9.17) is 21.1 Å². The van der Waals surface area contributed by atoms with E-state index in [9.17, 15) is 14.9 Å². The molecule has 4 aromatic rings. The third-order valence-electron chi connectivity index (χ3n) is 5.26. The topological polar surface area (TPSA) is 109 Å². The Kier molecular flexibility index (Phi) is 7.21. The third kappa shape index (κ3) is 6.00. The van der Waals surface area contributed by atoms with E-state index >= 15 is 0 Å². The minimum Gasteiger partial charge on any atom is -0.471 e. The molecule has 0 spiro atoms. The molecule has 3 aromatic carbocycles. The lowest BCUT2D eigenvalue weighted by atomic mass is 10.1. The van der Waals surface area contributed by atoms with Gasteiger partial charge < -0.3 is 14.8 Å². The number of ether oxygens (including phenoxy) is 2. The molecular formula is C26H23ClN4O5. The van der Waals surface area contributed by atoms with Crippen molar-refractivity contribution in [2.45, 2.75) is 27.5 Å². The average Bonchev–Trinajstić information content (AvgIpc) is 3.32. The maximum Gasteiger partial charge on any atom is 0.276 e. The molecule has 4 rings (SSSR count). The number of hydrogen-bond acceptors (Lipinski definition) is 6. The van der Waals surface area contributed by atoms with E-state index in [1.54, 1.807) is 18.3 Å². The second-order valence-corrected chi connectivity index (χ2v) is 8.60. The largest absolute Gasteiger partial charge is 0.471 e. The van der Waals surface area contributed by atoms with Gasteiger partial charge in [-0.05, 0) is 62.2 Å². The standard InChI is InChI=1S/C26H23ClN4O5/c1-16-4-6-21(7-5-16)36-23-13-19(12-20(14-23)31(33)34)28-26(32)24-8-9-30(29-24)15-35-22-10-17(2)25(27)18(3)11-22/h4-14H,15H2,1-3H3,(H,28,32). The van der Waals surface area contributed by atoms with Crippen LogP contribution in [0.15, 0.2) is 66.9 Å². The summed E-state index contributed by atoms with van der Waals surface area (Å²) in [5.41, 5.74) is 2.95. The van der Waals surface area contributed by atoms with E-state index in [2.05, 4.69) is 10.4 Å². The molecule has 0 unspecified atom stereocenters. The summed E-state index contributed by atoms with van der Waals surface area (Å²) in [6.45, 7) is 5.81. The smallest absolute Gasteiger partial charge is 0.276 e. The first-order valence-corrected chi connectivity index (χ1v) is 11.3. The zero-order valence-corrected chi connectivity index (χ0v) is 20.6. The number of rotatable bonds is 8. The second kappa shape index (κ2) is 10.5. The van der Waals surface area contributed by atoms with Gasteiger partial charge in [-0.15, -0.1) is 0 Å². The van der Waals surface area contributed by atoms with Gasteiger partial charge in [-0.1, -0.05) is 29.3 Å². The van der Waals surface area contributed by atoms with Gasteiger partial charge >= 0.3 is 0 Å². The molecule has 0 radical (unpaired) electrons. The summed E-state index contributed by atoms with van der Waals surface area (Å²) in [6, 6.07) is 16.5. The highest BCUT2D eigenvalue weighted by Crippen LogP contribution is 2.30. The SMILES string of the molecule is Cc1ccc(Oc2cc(NC(=O)c3ccn(COc4cc(C)c(Cl)c(C)c4)n3)cc([N+](=O)[O-])c2)cc1. The van der Waals surface area contributed by atoms with Crippen molar-refractivity contribution in [2.24, 2.45) is 0 Å². The number of hydrogen-bond donors (Lipinski definition) is 1. The molecule has 0 atom stereocenters. The van der Waals surface area contributed by atoms with E-state index in [0.717, 1.165) is 16.7 Å². The number of aromatic nitrogens is 2. The van der Waals surface area contributed by atoms with Gasteiger partial charge in [0, 0.05) is 23.4 Å². The maximum atomic E-state index is 12.8. The van der Waals surface area contributed by atoms with Crippen molar-refractivity contribution >= 4 is 28.9 Å². The molecule has 0 bridgehead atoms. The highest BCUT2D eigenvalue weighted by molar-refractivity contribution is 6.32. The van der Waals surface area contributed by atoms with Crippen molar-refractivity contribution in [1.82, 2.24) is 9.78 Å². The fourth-order valence-electron chi connectivity index (χ4n) is 3.44. The molecule has 1 amide bonds. The van der Waals surface area contributed by atoms with Crippen molar-refractivity contribution in [3.05, 3.63) is 104 Å². The number of nitro groups is 1. The number of anilines is 1. The average molecular weight is 507 g/mol. The number of carbonyl (C=O) groups is 1. The van der Waals surface area contributed by atoms with Crippen molar-refractivity contribution in [3.63, 3.8) is 0 Å². The maximum absolute atomic E-state index is 12.8. The van der Waals surface area contributed by atoms with E-state index in [1.165, 1.54) is 28.9 Å². The Morgan fingerprint density at radius 3 is 2.36 bits per heavy atom. The lowest BCUT2D eigenvalue weighted by Crippen LogP contribution is -2.14. The first kappa shape index (κ1) is 24.7. The Hall–Kier alpha value is -4.37. The molecule has 184 valence electrons. The van der Waals surface area contributed by atoms with Crippen molar-refractivity contribution in [2.75, 3.05) is 5.32 Å². The monoisotopic (exact) mass is 506 g/mol. The first-order chi connectivity index (χ1) is 17.2. The van der Waals surface area contributed by atoms with Crippen LogP contribution in [0.3, 0.4) is 0 Å². The molecule has 1 aromatic heterocycles. The lowest BCUT2D eigenvalue weighted by molar-refractivity contribution is -0.384. The number of non-ortho nitro benzene ring substituents is 1. The number of nitrogens with one attached hydrogen (secondary N) is 1. The van der Waals surface area contributed by atoms with Crippen LogP contribution in [0.5, 0.6) is 17.2 Å². The molecule has 9 nitrogen and oxygen atoms in total. The summed E-state index contributed by atoms with van der Waals surface area (Å²) < 4.78 is 13.0. The van der Waals surface area contributed by atoms with Crippen molar-refractivity contribution in [1.29, 1.82) is 0 Å². The van der Waals surface area contributed by atoms with E-state index < -0.39 is 10.8 Å². The number of nitro benzene ring substituents is 1. The fraction of sp³-hybridized carbons (Fsp3) is 0.154.